The molecule has 0 saturated carbocycles. The molecule has 7 heteroatoms. The molecule has 0 spiro atoms. The van der Waals surface area contributed by atoms with Crippen molar-refractivity contribution in [3.8, 4) is 0 Å². The molecular weight excluding hydrogens is 332 g/mol. The predicted octanol–water partition coefficient (Wildman–Crippen LogP) is 2.63. The van der Waals surface area contributed by atoms with Crippen LogP contribution in [-0.4, -0.2) is 40.3 Å². The van der Waals surface area contributed by atoms with Gasteiger partial charge in [-0.05, 0) is 55.6 Å². The van der Waals surface area contributed by atoms with Crippen molar-refractivity contribution in [3.63, 3.8) is 0 Å². The highest BCUT2D eigenvalue weighted by Crippen LogP contribution is 2.19. The smallest absolute Gasteiger partial charge is 0.270 e. The summed E-state index contributed by atoms with van der Waals surface area (Å²) in [6.07, 6.45) is 5.68. The number of nitrogens with zero attached hydrogens (tertiary/aromatic N) is 3. The molecule has 1 aromatic heterocycles. The van der Waals surface area contributed by atoms with E-state index in [9.17, 15) is 14.9 Å². The number of hydrogen-bond acceptors (Lipinski definition) is 5. The van der Waals surface area contributed by atoms with Crippen LogP contribution in [-0.2, 0) is 6.54 Å². The molecule has 136 valence electrons. The van der Waals surface area contributed by atoms with E-state index in [1.165, 1.54) is 23.8 Å². The minimum absolute atomic E-state index is 0.0675. The van der Waals surface area contributed by atoms with Gasteiger partial charge in [-0.2, -0.15) is 0 Å². The topological polar surface area (TPSA) is 88.4 Å². The average molecular weight is 354 g/mol. The van der Waals surface area contributed by atoms with E-state index in [4.69, 9.17) is 0 Å². The third kappa shape index (κ3) is 4.86. The van der Waals surface area contributed by atoms with Gasteiger partial charge < -0.3 is 5.32 Å². The fraction of sp³-hybridized carbons (Fsp3) is 0.368. The lowest BCUT2D eigenvalue weighted by Gasteiger charge is -2.32. The first-order valence-corrected chi connectivity index (χ1v) is 8.76. The molecule has 0 unspecified atom stereocenters. The number of carbonyl (C=O) groups is 1. The highest BCUT2D eigenvalue weighted by molar-refractivity contribution is 5.94. The first-order chi connectivity index (χ1) is 12.6. The largest absolute Gasteiger partial charge is 0.352 e. The molecule has 1 fully saturated rings. The quantitative estimate of drug-likeness (QED) is 0.636. The van der Waals surface area contributed by atoms with Crippen LogP contribution in [0.5, 0.6) is 0 Å². The van der Waals surface area contributed by atoms with Crippen molar-refractivity contribution in [3.05, 3.63) is 70.0 Å². The van der Waals surface area contributed by atoms with Crippen molar-refractivity contribution in [2.24, 2.45) is 5.92 Å². The maximum absolute atomic E-state index is 12.2. The first-order valence-electron chi connectivity index (χ1n) is 8.76. The summed E-state index contributed by atoms with van der Waals surface area (Å²) >= 11 is 0. The molecule has 1 amide bonds. The SMILES string of the molecule is O=C(NCC1CCN(Cc2ccncc2)CC1)c1cccc([N+](=O)[O-])c1. The van der Waals surface area contributed by atoms with E-state index >= 15 is 0 Å². The Morgan fingerprint density at radius 3 is 2.65 bits per heavy atom. The van der Waals surface area contributed by atoms with Gasteiger partial charge in [-0.1, -0.05) is 6.07 Å². The Labute approximate surface area is 152 Å². The summed E-state index contributed by atoms with van der Waals surface area (Å²) in [5.41, 5.74) is 1.52. The normalized spacial score (nSPS) is 15.5. The zero-order valence-corrected chi connectivity index (χ0v) is 14.5. The lowest BCUT2D eigenvalue weighted by Crippen LogP contribution is -2.38. The minimum Gasteiger partial charge on any atom is -0.352 e. The van der Waals surface area contributed by atoms with Gasteiger partial charge in [-0.3, -0.25) is 24.8 Å². The molecule has 7 nitrogen and oxygen atoms in total. The number of rotatable bonds is 6. The standard InChI is InChI=1S/C19H22N4O3/c24-19(17-2-1-3-18(12-17)23(25)26)21-13-15-6-10-22(11-7-15)14-16-4-8-20-9-5-16/h1-5,8-9,12,15H,6-7,10-11,13-14H2,(H,21,24). The zero-order chi connectivity index (χ0) is 18.4. The Kier molecular flexibility index (Phi) is 5.91. The number of likely N-dealkylation sites (tertiary alicyclic amines) is 1. The molecule has 1 aromatic carbocycles. The van der Waals surface area contributed by atoms with Crippen LogP contribution in [0, 0.1) is 16.0 Å². The summed E-state index contributed by atoms with van der Waals surface area (Å²) in [5, 5.41) is 13.7. The third-order valence-electron chi connectivity index (χ3n) is 4.73. The summed E-state index contributed by atoms with van der Waals surface area (Å²) in [4.78, 5) is 29.0. The average Bonchev–Trinajstić information content (AvgIpc) is 2.68. The number of nitrogens with one attached hydrogen (secondary N) is 1. The predicted molar refractivity (Wildman–Crippen MR) is 97.7 cm³/mol. The second kappa shape index (κ2) is 8.53. The van der Waals surface area contributed by atoms with Gasteiger partial charge >= 0.3 is 0 Å². The minimum atomic E-state index is -0.491. The monoisotopic (exact) mass is 354 g/mol. The van der Waals surface area contributed by atoms with Crippen LogP contribution in [0.3, 0.4) is 0 Å². The molecule has 2 aromatic rings. The molecule has 1 aliphatic rings. The summed E-state index contributed by atoms with van der Waals surface area (Å²) in [7, 11) is 0. The number of pyridine rings is 1. The molecule has 0 aliphatic carbocycles. The van der Waals surface area contributed by atoms with Gasteiger partial charge in [-0.15, -0.1) is 0 Å². The summed E-state index contributed by atoms with van der Waals surface area (Å²) in [6, 6.07) is 9.89. The van der Waals surface area contributed by atoms with Crippen LogP contribution in [0.25, 0.3) is 0 Å². The van der Waals surface area contributed by atoms with E-state index < -0.39 is 4.92 Å². The van der Waals surface area contributed by atoms with E-state index in [0.29, 0.717) is 18.0 Å². The van der Waals surface area contributed by atoms with Crippen LogP contribution >= 0.6 is 0 Å². The summed E-state index contributed by atoms with van der Waals surface area (Å²) < 4.78 is 0. The Bertz CT molecular complexity index is 758. The molecule has 3 rings (SSSR count). The van der Waals surface area contributed by atoms with Gasteiger partial charge in [0.1, 0.15) is 0 Å². The Morgan fingerprint density at radius 2 is 1.96 bits per heavy atom. The Balaban J connectivity index is 1.44. The highest BCUT2D eigenvalue weighted by atomic mass is 16.6. The number of carbonyl (C=O) groups excluding carboxylic acids is 1. The lowest BCUT2D eigenvalue weighted by atomic mass is 9.96. The van der Waals surface area contributed by atoms with E-state index in [1.54, 1.807) is 6.07 Å². The fourth-order valence-electron chi connectivity index (χ4n) is 3.19. The molecule has 2 heterocycles. The number of aromatic nitrogens is 1. The maximum Gasteiger partial charge on any atom is 0.270 e. The van der Waals surface area contributed by atoms with Gasteiger partial charge in [0, 0.05) is 43.2 Å². The van der Waals surface area contributed by atoms with Crippen molar-refractivity contribution in [1.29, 1.82) is 0 Å². The molecule has 1 N–H and O–H groups in total. The first kappa shape index (κ1) is 18.0. The van der Waals surface area contributed by atoms with E-state index in [2.05, 4.69) is 15.2 Å². The third-order valence-corrected chi connectivity index (χ3v) is 4.73. The van der Waals surface area contributed by atoms with Crippen molar-refractivity contribution < 1.29 is 9.72 Å². The zero-order valence-electron chi connectivity index (χ0n) is 14.5. The highest BCUT2D eigenvalue weighted by Gasteiger charge is 2.20. The fourth-order valence-corrected chi connectivity index (χ4v) is 3.19. The maximum atomic E-state index is 12.2. The van der Waals surface area contributed by atoms with Crippen LogP contribution in [0.15, 0.2) is 48.8 Å². The molecular formula is C19H22N4O3. The van der Waals surface area contributed by atoms with Crippen LogP contribution < -0.4 is 5.32 Å². The number of amides is 1. The van der Waals surface area contributed by atoms with Gasteiger partial charge in [-0.25, -0.2) is 0 Å². The van der Waals surface area contributed by atoms with E-state index in [0.717, 1.165) is 32.5 Å². The second-order valence-electron chi connectivity index (χ2n) is 6.59. The molecule has 26 heavy (non-hydrogen) atoms. The molecule has 0 atom stereocenters. The van der Waals surface area contributed by atoms with Crippen molar-refractivity contribution in [2.75, 3.05) is 19.6 Å². The van der Waals surface area contributed by atoms with Gasteiger partial charge in [0.15, 0.2) is 0 Å². The molecule has 0 radical (unpaired) electrons. The van der Waals surface area contributed by atoms with Crippen molar-refractivity contribution in [1.82, 2.24) is 15.2 Å². The van der Waals surface area contributed by atoms with Crippen LogP contribution in [0.4, 0.5) is 5.69 Å². The lowest BCUT2D eigenvalue weighted by molar-refractivity contribution is -0.384. The Morgan fingerprint density at radius 1 is 1.23 bits per heavy atom. The molecule has 1 aliphatic heterocycles. The molecule has 0 bridgehead atoms. The van der Waals surface area contributed by atoms with Crippen molar-refractivity contribution >= 4 is 11.6 Å². The number of benzene rings is 1. The number of non-ortho nitro benzene ring substituents is 1. The number of hydrogen-bond donors (Lipinski definition) is 1. The number of nitro benzene ring substituents is 1. The van der Waals surface area contributed by atoms with Gasteiger partial charge in [0.05, 0.1) is 4.92 Å². The van der Waals surface area contributed by atoms with Gasteiger partial charge in [0.2, 0.25) is 0 Å². The summed E-state index contributed by atoms with van der Waals surface area (Å²) in [5.74, 6) is 0.180. The molecule has 1 saturated heterocycles. The van der Waals surface area contributed by atoms with Gasteiger partial charge in [0.25, 0.3) is 11.6 Å². The van der Waals surface area contributed by atoms with Crippen molar-refractivity contribution in [2.45, 2.75) is 19.4 Å². The Hall–Kier alpha value is -2.80. The van der Waals surface area contributed by atoms with E-state index in [-0.39, 0.29) is 11.6 Å². The summed E-state index contributed by atoms with van der Waals surface area (Å²) in [6.45, 7) is 3.53. The second-order valence-corrected chi connectivity index (χ2v) is 6.59. The van der Waals surface area contributed by atoms with Crippen LogP contribution in [0.2, 0.25) is 0 Å². The number of piperidine rings is 1. The number of nitro groups is 1. The van der Waals surface area contributed by atoms with Crippen LogP contribution in [0.1, 0.15) is 28.8 Å². The van der Waals surface area contributed by atoms with E-state index in [1.807, 2.05) is 24.5 Å².